The maximum absolute atomic E-state index is 14.8. The first-order valence-corrected chi connectivity index (χ1v) is 12.9. The van der Waals surface area contributed by atoms with Crippen LogP contribution >= 0.6 is 23.1 Å². The summed E-state index contributed by atoms with van der Waals surface area (Å²) in [6, 6.07) is 37.4. The van der Waals surface area contributed by atoms with Crippen LogP contribution in [0.5, 0.6) is 0 Å². The van der Waals surface area contributed by atoms with Gasteiger partial charge in [-0.05, 0) is 24.3 Å². The van der Waals surface area contributed by atoms with Crippen molar-refractivity contribution in [2.75, 3.05) is 5.01 Å². The molecule has 1 unspecified atom stereocenters. The quantitative estimate of drug-likeness (QED) is 0.276. The Hall–Kier alpha value is -3.20. The number of rotatable bonds is 4. The lowest BCUT2D eigenvalue weighted by Gasteiger charge is -2.31. The number of benzene rings is 4. The Labute approximate surface area is 196 Å². The minimum absolute atomic E-state index is 0.569. The number of para-hydroxylation sites is 1. The highest BCUT2D eigenvalue weighted by Crippen LogP contribution is 2.55. The molecule has 0 saturated carbocycles. The standard InChI is InChI=1S/C27H20BrN2OP/c28-23-18-16-22(17-19-23)27-29-30(24-12-6-2-7-13-24)26(21-10-4-1-5-11-21)20-32(27,31)25-14-8-3-9-15-25/h1-20H. The predicted octanol–water partition coefficient (Wildman–Crippen LogP) is 7.32. The van der Waals surface area contributed by atoms with Crippen LogP contribution in [0, 0.1) is 0 Å². The number of anilines is 1. The van der Waals surface area contributed by atoms with Crippen molar-refractivity contribution >= 4 is 45.2 Å². The number of hydrazone groups is 1. The summed E-state index contributed by atoms with van der Waals surface area (Å²) in [6.45, 7) is 0. The second-order valence-electron chi connectivity index (χ2n) is 7.45. The molecule has 3 nitrogen and oxygen atoms in total. The van der Waals surface area contributed by atoms with Gasteiger partial charge in [0.2, 0.25) is 0 Å². The summed E-state index contributed by atoms with van der Waals surface area (Å²) in [5.41, 5.74) is 4.09. The molecule has 5 rings (SSSR count). The SMILES string of the molecule is O=P1(c2ccccc2)C=C(c2ccccc2)N(c2ccccc2)N=C1c1ccc(Br)cc1. The van der Waals surface area contributed by atoms with Crippen molar-refractivity contribution in [3.63, 3.8) is 0 Å². The van der Waals surface area contributed by atoms with Crippen molar-refractivity contribution in [3.05, 3.63) is 137 Å². The van der Waals surface area contributed by atoms with Crippen molar-refractivity contribution in [3.8, 4) is 0 Å². The zero-order valence-electron chi connectivity index (χ0n) is 17.2. The van der Waals surface area contributed by atoms with E-state index in [0.29, 0.717) is 5.45 Å². The number of hydrogen-bond acceptors (Lipinski definition) is 3. The molecule has 0 spiro atoms. The second-order valence-corrected chi connectivity index (χ2v) is 10.9. The third-order valence-electron chi connectivity index (χ3n) is 5.35. The molecule has 0 saturated heterocycles. The molecular formula is C27H20BrN2OP. The molecule has 1 aliphatic rings. The third kappa shape index (κ3) is 3.88. The van der Waals surface area contributed by atoms with Crippen LogP contribution in [-0.4, -0.2) is 5.45 Å². The zero-order valence-corrected chi connectivity index (χ0v) is 19.7. The summed E-state index contributed by atoms with van der Waals surface area (Å²) in [5.74, 6) is 1.91. The van der Waals surface area contributed by atoms with E-state index in [1.54, 1.807) is 0 Å². The summed E-state index contributed by atoms with van der Waals surface area (Å²) < 4.78 is 15.7. The monoisotopic (exact) mass is 498 g/mol. The minimum atomic E-state index is -3.16. The summed E-state index contributed by atoms with van der Waals surface area (Å²) >= 11 is 3.50. The Bertz CT molecular complexity index is 1340. The van der Waals surface area contributed by atoms with Gasteiger partial charge in [0.05, 0.1) is 11.4 Å². The Morgan fingerprint density at radius 1 is 0.656 bits per heavy atom. The molecule has 1 aliphatic heterocycles. The Morgan fingerprint density at radius 2 is 1.22 bits per heavy atom. The highest BCUT2D eigenvalue weighted by atomic mass is 79.9. The maximum atomic E-state index is 14.8. The summed E-state index contributed by atoms with van der Waals surface area (Å²) in [7, 11) is -3.16. The Kier molecular flexibility index (Phi) is 5.65. The van der Waals surface area contributed by atoms with Crippen molar-refractivity contribution in [1.82, 2.24) is 0 Å². The molecule has 1 heterocycles. The first kappa shape index (κ1) is 20.7. The first-order chi connectivity index (χ1) is 15.6. The van der Waals surface area contributed by atoms with Crippen molar-refractivity contribution in [1.29, 1.82) is 0 Å². The summed E-state index contributed by atoms with van der Waals surface area (Å²) in [4.78, 5) is 0. The van der Waals surface area contributed by atoms with Gasteiger partial charge >= 0.3 is 0 Å². The fourth-order valence-electron chi connectivity index (χ4n) is 3.77. The molecule has 0 amide bonds. The molecule has 156 valence electrons. The van der Waals surface area contributed by atoms with Crippen LogP contribution in [0.3, 0.4) is 0 Å². The van der Waals surface area contributed by atoms with Gasteiger partial charge in [0, 0.05) is 26.7 Å². The molecule has 0 aliphatic carbocycles. The van der Waals surface area contributed by atoms with Gasteiger partial charge in [0.15, 0.2) is 7.14 Å². The average molecular weight is 499 g/mol. The van der Waals surface area contributed by atoms with Crippen molar-refractivity contribution in [2.45, 2.75) is 0 Å². The molecule has 0 radical (unpaired) electrons. The predicted molar refractivity (Wildman–Crippen MR) is 138 cm³/mol. The van der Waals surface area contributed by atoms with Gasteiger partial charge in [-0.25, -0.2) is 5.01 Å². The van der Waals surface area contributed by atoms with Crippen LogP contribution in [-0.2, 0) is 4.57 Å². The van der Waals surface area contributed by atoms with Gasteiger partial charge in [0.1, 0.15) is 5.45 Å². The van der Waals surface area contributed by atoms with Crippen LogP contribution in [0.15, 0.2) is 131 Å². The maximum Gasteiger partial charge on any atom is 0.186 e. The van der Waals surface area contributed by atoms with Gasteiger partial charge in [-0.3, -0.25) is 0 Å². The molecule has 1 atom stereocenters. The normalized spacial score (nSPS) is 18.1. The van der Waals surface area contributed by atoms with Crippen LogP contribution < -0.4 is 10.3 Å². The van der Waals surface area contributed by atoms with E-state index in [0.717, 1.165) is 32.3 Å². The lowest BCUT2D eigenvalue weighted by Crippen LogP contribution is -2.25. The van der Waals surface area contributed by atoms with Gasteiger partial charge in [-0.2, -0.15) is 5.10 Å². The molecule has 4 aromatic rings. The van der Waals surface area contributed by atoms with Crippen LogP contribution in [0.2, 0.25) is 0 Å². The number of halogens is 1. The smallest absolute Gasteiger partial charge is 0.186 e. The van der Waals surface area contributed by atoms with Crippen molar-refractivity contribution in [2.24, 2.45) is 5.10 Å². The first-order valence-electron chi connectivity index (χ1n) is 10.3. The van der Waals surface area contributed by atoms with E-state index in [1.165, 1.54) is 0 Å². The Balaban J connectivity index is 1.78. The molecule has 0 bridgehead atoms. The van der Waals surface area contributed by atoms with E-state index >= 15 is 0 Å². The lowest BCUT2D eigenvalue weighted by molar-refractivity contribution is 0.593. The fourth-order valence-corrected chi connectivity index (χ4v) is 6.52. The minimum Gasteiger partial charge on any atom is -0.307 e. The van der Waals surface area contributed by atoms with E-state index in [9.17, 15) is 4.57 Å². The van der Waals surface area contributed by atoms with Gasteiger partial charge in [-0.1, -0.05) is 107 Å². The lowest BCUT2D eigenvalue weighted by atomic mass is 10.1. The van der Waals surface area contributed by atoms with E-state index in [4.69, 9.17) is 5.10 Å². The molecule has 0 fully saturated rings. The molecular weight excluding hydrogens is 479 g/mol. The van der Waals surface area contributed by atoms with Crippen LogP contribution in [0.25, 0.3) is 5.70 Å². The van der Waals surface area contributed by atoms with E-state index in [1.807, 2.05) is 126 Å². The molecule has 5 heteroatoms. The van der Waals surface area contributed by atoms with E-state index in [2.05, 4.69) is 15.9 Å². The average Bonchev–Trinajstić information content (AvgIpc) is 2.86. The molecule has 0 aromatic heterocycles. The van der Waals surface area contributed by atoms with Gasteiger partial charge in [0.25, 0.3) is 0 Å². The topological polar surface area (TPSA) is 32.7 Å². The second kappa shape index (κ2) is 8.74. The summed E-state index contributed by atoms with van der Waals surface area (Å²) in [6.07, 6.45) is 0. The third-order valence-corrected chi connectivity index (χ3v) is 8.53. The zero-order chi connectivity index (χ0) is 22.0. The molecule has 32 heavy (non-hydrogen) atoms. The highest BCUT2D eigenvalue weighted by Gasteiger charge is 2.37. The molecule has 4 aromatic carbocycles. The van der Waals surface area contributed by atoms with Crippen LogP contribution in [0.1, 0.15) is 11.1 Å². The summed E-state index contributed by atoms with van der Waals surface area (Å²) in [5, 5.41) is 7.70. The molecule has 0 N–H and O–H groups in total. The Morgan fingerprint density at radius 3 is 1.84 bits per heavy atom. The number of nitrogens with zero attached hydrogens (tertiary/aromatic N) is 2. The van der Waals surface area contributed by atoms with Crippen LogP contribution in [0.4, 0.5) is 5.69 Å². The van der Waals surface area contributed by atoms with E-state index < -0.39 is 7.14 Å². The van der Waals surface area contributed by atoms with Gasteiger partial charge < -0.3 is 4.57 Å². The highest BCUT2D eigenvalue weighted by molar-refractivity contribution is 9.10. The number of hydrogen-bond donors (Lipinski definition) is 0. The van der Waals surface area contributed by atoms with E-state index in [-0.39, 0.29) is 0 Å². The largest absolute Gasteiger partial charge is 0.307 e. The van der Waals surface area contributed by atoms with Gasteiger partial charge in [-0.15, -0.1) is 0 Å². The van der Waals surface area contributed by atoms with Crippen molar-refractivity contribution < 1.29 is 4.57 Å². The fraction of sp³-hybridized carbons (Fsp3) is 0.